The van der Waals surface area contributed by atoms with E-state index >= 15 is 0 Å². The highest BCUT2D eigenvalue weighted by atomic mass is 16.5. The summed E-state index contributed by atoms with van der Waals surface area (Å²) in [6, 6.07) is 8.79. The molecular formula is C19H29N3O2. The Morgan fingerprint density at radius 2 is 1.83 bits per heavy atom. The molecule has 2 aliphatic heterocycles. The second kappa shape index (κ2) is 7.99. The standard InChI is InChI=1S/C19H29N3O2/c1-16-13-21(12-11-20(16)2)14-17-5-7-18(8-6-17)24-15-19(23)22-9-3-4-10-22/h5-8,16H,3-4,9-15H2,1-2H3. The van der Waals surface area contributed by atoms with Crippen molar-refractivity contribution in [3.8, 4) is 5.75 Å². The van der Waals surface area contributed by atoms with Crippen LogP contribution in [0.3, 0.4) is 0 Å². The van der Waals surface area contributed by atoms with Crippen molar-refractivity contribution in [1.82, 2.24) is 14.7 Å². The van der Waals surface area contributed by atoms with Crippen LogP contribution in [0, 0.1) is 0 Å². The maximum absolute atomic E-state index is 12.0. The number of likely N-dealkylation sites (N-methyl/N-ethyl adjacent to an activating group) is 1. The highest BCUT2D eigenvalue weighted by molar-refractivity contribution is 5.78. The Kier molecular flexibility index (Phi) is 5.74. The van der Waals surface area contributed by atoms with Gasteiger partial charge in [0, 0.05) is 45.3 Å². The fourth-order valence-electron chi connectivity index (χ4n) is 3.42. The van der Waals surface area contributed by atoms with Crippen molar-refractivity contribution in [3.63, 3.8) is 0 Å². The predicted molar refractivity (Wildman–Crippen MR) is 95.1 cm³/mol. The molecule has 2 saturated heterocycles. The van der Waals surface area contributed by atoms with E-state index in [4.69, 9.17) is 4.74 Å². The number of amides is 1. The SMILES string of the molecule is CC1CN(Cc2ccc(OCC(=O)N3CCCC3)cc2)CCN1C. The molecule has 0 N–H and O–H groups in total. The van der Waals surface area contributed by atoms with Crippen LogP contribution in [0.1, 0.15) is 25.3 Å². The molecule has 1 atom stereocenters. The van der Waals surface area contributed by atoms with Crippen molar-refractivity contribution < 1.29 is 9.53 Å². The van der Waals surface area contributed by atoms with E-state index in [1.807, 2.05) is 17.0 Å². The molecule has 0 spiro atoms. The number of rotatable bonds is 5. The molecule has 0 aliphatic carbocycles. The molecule has 1 amide bonds. The number of hydrogen-bond acceptors (Lipinski definition) is 4. The number of carbonyl (C=O) groups excluding carboxylic acids is 1. The first-order valence-corrected chi connectivity index (χ1v) is 9.04. The summed E-state index contributed by atoms with van der Waals surface area (Å²) in [5.74, 6) is 0.876. The highest BCUT2D eigenvalue weighted by Gasteiger charge is 2.20. The van der Waals surface area contributed by atoms with Crippen LogP contribution >= 0.6 is 0 Å². The van der Waals surface area contributed by atoms with Crippen LogP contribution in [-0.4, -0.2) is 73.0 Å². The third-order valence-corrected chi connectivity index (χ3v) is 5.19. The van der Waals surface area contributed by atoms with Crippen molar-refractivity contribution in [2.75, 3.05) is 46.4 Å². The summed E-state index contributed by atoms with van der Waals surface area (Å²) < 4.78 is 5.64. The van der Waals surface area contributed by atoms with E-state index in [0.717, 1.165) is 57.9 Å². The van der Waals surface area contributed by atoms with Crippen LogP contribution in [0.5, 0.6) is 5.75 Å². The largest absolute Gasteiger partial charge is 0.484 e. The second-order valence-electron chi connectivity index (χ2n) is 7.09. The van der Waals surface area contributed by atoms with Crippen LogP contribution in [0.15, 0.2) is 24.3 Å². The molecule has 0 aromatic heterocycles. The molecule has 0 bridgehead atoms. The fourth-order valence-corrected chi connectivity index (χ4v) is 3.42. The highest BCUT2D eigenvalue weighted by Crippen LogP contribution is 2.16. The molecule has 5 heteroatoms. The van der Waals surface area contributed by atoms with Gasteiger partial charge in [-0.3, -0.25) is 9.69 Å². The van der Waals surface area contributed by atoms with Gasteiger partial charge >= 0.3 is 0 Å². The van der Waals surface area contributed by atoms with Gasteiger partial charge in [-0.15, -0.1) is 0 Å². The number of nitrogens with zero attached hydrogens (tertiary/aromatic N) is 3. The lowest BCUT2D eigenvalue weighted by Gasteiger charge is -2.37. The van der Waals surface area contributed by atoms with E-state index in [1.165, 1.54) is 5.56 Å². The molecule has 2 heterocycles. The topological polar surface area (TPSA) is 36.0 Å². The molecule has 5 nitrogen and oxygen atoms in total. The Morgan fingerprint density at radius 1 is 1.12 bits per heavy atom. The van der Waals surface area contributed by atoms with Crippen LogP contribution < -0.4 is 4.74 Å². The first-order valence-electron chi connectivity index (χ1n) is 9.04. The minimum Gasteiger partial charge on any atom is -0.484 e. The number of benzene rings is 1. The maximum Gasteiger partial charge on any atom is 0.260 e. The van der Waals surface area contributed by atoms with Gasteiger partial charge in [0.05, 0.1) is 0 Å². The van der Waals surface area contributed by atoms with E-state index in [2.05, 4.69) is 35.9 Å². The van der Waals surface area contributed by atoms with Gasteiger partial charge in [0.15, 0.2) is 6.61 Å². The number of hydrogen-bond donors (Lipinski definition) is 0. The lowest BCUT2D eigenvalue weighted by molar-refractivity contribution is -0.132. The van der Waals surface area contributed by atoms with Crippen molar-refractivity contribution in [2.24, 2.45) is 0 Å². The van der Waals surface area contributed by atoms with Gasteiger partial charge in [0.1, 0.15) is 5.75 Å². The van der Waals surface area contributed by atoms with Crippen LogP contribution in [-0.2, 0) is 11.3 Å². The summed E-state index contributed by atoms with van der Waals surface area (Å²) in [6.07, 6.45) is 2.23. The first kappa shape index (κ1) is 17.2. The number of piperazine rings is 1. The Hall–Kier alpha value is -1.59. The quantitative estimate of drug-likeness (QED) is 0.825. The fraction of sp³-hybridized carbons (Fsp3) is 0.632. The Balaban J connectivity index is 1.45. The van der Waals surface area contributed by atoms with Gasteiger partial charge in [0.25, 0.3) is 5.91 Å². The molecule has 2 aliphatic rings. The van der Waals surface area contributed by atoms with Crippen LogP contribution in [0.2, 0.25) is 0 Å². The zero-order valence-corrected chi connectivity index (χ0v) is 14.9. The Bertz CT molecular complexity index is 540. The molecular weight excluding hydrogens is 302 g/mol. The van der Waals surface area contributed by atoms with Gasteiger partial charge in [0.2, 0.25) is 0 Å². The molecule has 0 radical (unpaired) electrons. The number of carbonyl (C=O) groups is 1. The smallest absolute Gasteiger partial charge is 0.260 e. The normalized spacial score (nSPS) is 22.8. The zero-order chi connectivity index (χ0) is 16.9. The van der Waals surface area contributed by atoms with Crippen LogP contribution in [0.25, 0.3) is 0 Å². The molecule has 2 fully saturated rings. The Labute approximate surface area is 145 Å². The van der Waals surface area contributed by atoms with Gasteiger partial charge in [-0.25, -0.2) is 0 Å². The summed E-state index contributed by atoms with van der Waals surface area (Å²) in [5, 5.41) is 0. The van der Waals surface area contributed by atoms with Gasteiger partial charge in [-0.05, 0) is 44.5 Å². The lowest BCUT2D eigenvalue weighted by Crippen LogP contribution is -2.49. The molecule has 132 valence electrons. The van der Waals surface area contributed by atoms with Crippen molar-refractivity contribution in [1.29, 1.82) is 0 Å². The summed E-state index contributed by atoms with van der Waals surface area (Å²) in [6.45, 7) is 8.51. The average Bonchev–Trinajstić information content (AvgIpc) is 3.12. The van der Waals surface area contributed by atoms with E-state index in [0.29, 0.717) is 6.04 Å². The summed E-state index contributed by atoms with van der Waals surface area (Å²) in [4.78, 5) is 18.8. The molecule has 0 saturated carbocycles. The first-order chi connectivity index (χ1) is 11.6. The third-order valence-electron chi connectivity index (χ3n) is 5.19. The molecule has 3 rings (SSSR count). The zero-order valence-electron chi connectivity index (χ0n) is 14.9. The van der Waals surface area contributed by atoms with Crippen molar-refractivity contribution in [2.45, 2.75) is 32.4 Å². The molecule has 24 heavy (non-hydrogen) atoms. The monoisotopic (exact) mass is 331 g/mol. The average molecular weight is 331 g/mol. The Morgan fingerprint density at radius 3 is 2.50 bits per heavy atom. The van der Waals surface area contributed by atoms with Crippen molar-refractivity contribution in [3.05, 3.63) is 29.8 Å². The van der Waals surface area contributed by atoms with Crippen LogP contribution in [0.4, 0.5) is 0 Å². The van der Waals surface area contributed by atoms with Gasteiger partial charge in [-0.2, -0.15) is 0 Å². The summed E-state index contributed by atoms with van der Waals surface area (Å²) in [7, 11) is 2.19. The summed E-state index contributed by atoms with van der Waals surface area (Å²) >= 11 is 0. The molecule has 1 unspecified atom stereocenters. The van der Waals surface area contributed by atoms with E-state index in [1.54, 1.807) is 0 Å². The van der Waals surface area contributed by atoms with E-state index in [-0.39, 0.29) is 12.5 Å². The second-order valence-corrected chi connectivity index (χ2v) is 7.09. The van der Waals surface area contributed by atoms with Gasteiger partial charge in [-0.1, -0.05) is 12.1 Å². The molecule has 1 aromatic carbocycles. The van der Waals surface area contributed by atoms with Crippen molar-refractivity contribution >= 4 is 5.91 Å². The lowest BCUT2D eigenvalue weighted by atomic mass is 10.1. The number of likely N-dealkylation sites (tertiary alicyclic amines) is 1. The van der Waals surface area contributed by atoms with E-state index in [9.17, 15) is 4.79 Å². The maximum atomic E-state index is 12.0. The predicted octanol–water partition coefficient (Wildman–Crippen LogP) is 1.82. The van der Waals surface area contributed by atoms with Gasteiger partial charge < -0.3 is 14.5 Å². The third kappa shape index (κ3) is 4.48. The summed E-state index contributed by atoms with van der Waals surface area (Å²) in [5.41, 5.74) is 1.30. The van der Waals surface area contributed by atoms with E-state index < -0.39 is 0 Å². The number of ether oxygens (including phenoxy) is 1. The minimum absolute atomic E-state index is 0.100. The minimum atomic E-state index is 0.100. The molecule has 1 aromatic rings.